The van der Waals surface area contributed by atoms with Crippen molar-refractivity contribution in [1.29, 1.82) is 0 Å². The Morgan fingerprint density at radius 3 is 2.60 bits per heavy atom. The van der Waals surface area contributed by atoms with Crippen LogP contribution in [0.15, 0.2) is 41.8 Å². The van der Waals surface area contributed by atoms with Crippen LogP contribution in [0.5, 0.6) is 5.75 Å². The van der Waals surface area contributed by atoms with Crippen LogP contribution in [0.1, 0.15) is 19.8 Å². The van der Waals surface area contributed by atoms with E-state index in [0.717, 1.165) is 0 Å². The molecule has 134 valence electrons. The molecule has 0 saturated carbocycles. The zero-order valence-corrected chi connectivity index (χ0v) is 14.5. The van der Waals surface area contributed by atoms with Crippen LogP contribution in [0.2, 0.25) is 0 Å². The Morgan fingerprint density at radius 2 is 1.96 bits per heavy atom. The highest BCUT2D eigenvalue weighted by atomic mass is 32.2. The average molecular weight is 365 g/mol. The number of hydrogen-bond donors (Lipinski definition) is 1. The molecular weight excluding hydrogens is 346 g/mol. The number of amides is 1. The SMILES string of the molecule is CCOc1ccc(S(=O)(=O)N2CCCC2C(=O)Nn2cnnc2)cc1. The van der Waals surface area contributed by atoms with E-state index in [0.29, 0.717) is 31.7 Å². The minimum atomic E-state index is -3.77. The predicted octanol–water partition coefficient (Wildman–Crippen LogP) is 0.600. The van der Waals surface area contributed by atoms with E-state index in [-0.39, 0.29) is 4.90 Å². The number of benzene rings is 1. The van der Waals surface area contributed by atoms with E-state index in [2.05, 4.69) is 15.6 Å². The number of rotatable bonds is 6. The molecule has 1 aliphatic heterocycles. The van der Waals surface area contributed by atoms with Gasteiger partial charge < -0.3 is 4.74 Å². The molecule has 10 heteroatoms. The second-order valence-electron chi connectivity index (χ2n) is 5.52. The first-order chi connectivity index (χ1) is 12.0. The van der Waals surface area contributed by atoms with Crippen LogP contribution < -0.4 is 10.2 Å². The first-order valence-electron chi connectivity index (χ1n) is 7.92. The zero-order chi connectivity index (χ0) is 17.9. The van der Waals surface area contributed by atoms with Crippen LogP contribution in [-0.4, -0.2) is 52.7 Å². The van der Waals surface area contributed by atoms with Crippen molar-refractivity contribution < 1.29 is 17.9 Å². The third-order valence-corrected chi connectivity index (χ3v) is 5.83. The van der Waals surface area contributed by atoms with Crippen molar-refractivity contribution >= 4 is 15.9 Å². The molecule has 9 nitrogen and oxygen atoms in total. The molecule has 25 heavy (non-hydrogen) atoms. The second-order valence-corrected chi connectivity index (χ2v) is 7.41. The summed E-state index contributed by atoms with van der Waals surface area (Å²) >= 11 is 0. The molecule has 1 N–H and O–H groups in total. The summed E-state index contributed by atoms with van der Waals surface area (Å²) in [6.45, 7) is 2.66. The molecule has 1 aromatic carbocycles. The maximum absolute atomic E-state index is 12.9. The Labute approximate surface area is 145 Å². The summed E-state index contributed by atoms with van der Waals surface area (Å²) in [7, 11) is -3.77. The second kappa shape index (κ2) is 7.19. The molecule has 0 spiro atoms. The van der Waals surface area contributed by atoms with Crippen molar-refractivity contribution in [1.82, 2.24) is 19.2 Å². The summed E-state index contributed by atoms with van der Waals surface area (Å²) in [5, 5.41) is 7.19. The number of aromatic nitrogens is 3. The molecule has 0 bridgehead atoms. The van der Waals surface area contributed by atoms with E-state index in [9.17, 15) is 13.2 Å². The van der Waals surface area contributed by atoms with Crippen molar-refractivity contribution in [2.24, 2.45) is 0 Å². The Kier molecular flexibility index (Phi) is 5.00. The summed E-state index contributed by atoms with van der Waals surface area (Å²) in [6.07, 6.45) is 3.75. The van der Waals surface area contributed by atoms with E-state index in [4.69, 9.17) is 4.74 Å². The molecule has 2 heterocycles. The minimum absolute atomic E-state index is 0.139. The van der Waals surface area contributed by atoms with E-state index >= 15 is 0 Å². The highest BCUT2D eigenvalue weighted by Crippen LogP contribution is 2.27. The van der Waals surface area contributed by atoms with Gasteiger partial charge in [0.1, 0.15) is 24.4 Å². The fourth-order valence-electron chi connectivity index (χ4n) is 2.76. The van der Waals surface area contributed by atoms with E-state index < -0.39 is 22.0 Å². The normalized spacial score (nSPS) is 18.2. The minimum Gasteiger partial charge on any atom is -0.494 e. The fraction of sp³-hybridized carbons (Fsp3) is 0.400. The number of carbonyl (C=O) groups is 1. The molecule has 1 atom stereocenters. The van der Waals surface area contributed by atoms with Crippen LogP contribution >= 0.6 is 0 Å². The van der Waals surface area contributed by atoms with E-state index in [1.54, 1.807) is 12.1 Å². The largest absolute Gasteiger partial charge is 0.494 e. The molecule has 1 amide bonds. The van der Waals surface area contributed by atoms with Gasteiger partial charge in [-0.15, -0.1) is 10.2 Å². The first-order valence-corrected chi connectivity index (χ1v) is 9.36. The monoisotopic (exact) mass is 365 g/mol. The molecule has 0 radical (unpaired) electrons. The lowest BCUT2D eigenvalue weighted by Gasteiger charge is -2.23. The van der Waals surface area contributed by atoms with Gasteiger partial charge in [-0.2, -0.15) is 4.31 Å². The lowest BCUT2D eigenvalue weighted by molar-refractivity contribution is -0.120. The molecule has 3 rings (SSSR count). The third kappa shape index (κ3) is 3.64. The van der Waals surface area contributed by atoms with E-state index in [1.165, 1.54) is 33.8 Å². The van der Waals surface area contributed by atoms with Gasteiger partial charge in [-0.1, -0.05) is 0 Å². The van der Waals surface area contributed by atoms with Crippen molar-refractivity contribution in [2.75, 3.05) is 18.6 Å². The topological polar surface area (TPSA) is 106 Å². The van der Waals surface area contributed by atoms with Crippen molar-refractivity contribution in [2.45, 2.75) is 30.7 Å². The van der Waals surface area contributed by atoms with Gasteiger partial charge in [0.2, 0.25) is 10.0 Å². The summed E-state index contributed by atoms with van der Waals surface area (Å²) in [4.78, 5) is 12.6. The number of ether oxygens (including phenoxy) is 1. The summed E-state index contributed by atoms with van der Waals surface area (Å²) in [6, 6.07) is 5.44. The quantitative estimate of drug-likeness (QED) is 0.803. The maximum Gasteiger partial charge on any atom is 0.257 e. The van der Waals surface area contributed by atoms with Crippen LogP contribution in [-0.2, 0) is 14.8 Å². The van der Waals surface area contributed by atoms with Crippen molar-refractivity contribution in [3.05, 3.63) is 36.9 Å². The standard InChI is InChI=1S/C15H19N5O4S/c1-2-24-12-5-7-13(8-6-12)25(22,23)20-9-3-4-14(20)15(21)18-19-10-16-17-11-19/h5-8,10-11,14H,2-4,9H2,1H3,(H,18,21). The molecule has 1 fully saturated rings. The van der Waals surface area contributed by atoms with Crippen LogP contribution in [0.25, 0.3) is 0 Å². The first kappa shape index (κ1) is 17.4. The van der Waals surface area contributed by atoms with Gasteiger partial charge >= 0.3 is 0 Å². The highest BCUT2D eigenvalue weighted by molar-refractivity contribution is 7.89. The van der Waals surface area contributed by atoms with Crippen LogP contribution in [0.3, 0.4) is 0 Å². The van der Waals surface area contributed by atoms with Crippen molar-refractivity contribution in [3.63, 3.8) is 0 Å². The van der Waals surface area contributed by atoms with Gasteiger partial charge in [0.25, 0.3) is 5.91 Å². The third-order valence-electron chi connectivity index (χ3n) is 3.91. The van der Waals surface area contributed by atoms with Gasteiger partial charge in [0, 0.05) is 6.54 Å². The summed E-state index contributed by atoms with van der Waals surface area (Å²) in [5.74, 6) is 0.191. The van der Waals surface area contributed by atoms with Crippen LogP contribution in [0, 0.1) is 0 Å². The molecule has 1 aliphatic rings. The molecule has 0 aliphatic carbocycles. The number of nitrogens with one attached hydrogen (secondary N) is 1. The summed E-state index contributed by atoms with van der Waals surface area (Å²) < 4.78 is 33.7. The van der Waals surface area contributed by atoms with Gasteiger partial charge in [-0.3, -0.25) is 10.2 Å². The number of carbonyl (C=O) groups excluding carboxylic acids is 1. The van der Waals surface area contributed by atoms with Gasteiger partial charge in [0.05, 0.1) is 11.5 Å². The van der Waals surface area contributed by atoms with Gasteiger partial charge in [0.15, 0.2) is 0 Å². The number of nitrogens with zero attached hydrogens (tertiary/aromatic N) is 4. The smallest absolute Gasteiger partial charge is 0.257 e. The molecule has 2 aromatic rings. The number of sulfonamides is 1. The Morgan fingerprint density at radius 1 is 1.28 bits per heavy atom. The molecule has 1 unspecified atom stereocenters. The number of hydrogen-bond acceptors (Lipinski definition) is 6. The molecule has 1 aromatic heterocycles. The Hall–Kier alpha value is -2.46. The lowest BCUT2D eigenvalue weighted by Crippen LogP contribution is -2.44. The Bertz CT molecular complexity index is 820. The summed E-state index contributed by atoms with van der Waals surface area (Å²) in [5.41, 5.74) is 2.57. The molecular formula is C15H19N5O4S. The van der Waals surface area contributed by atoms with Gasteiger partial charge in [-0.05, 0) is 44.0 Å². The van der Waals surface area contributed by atoms with Gasteiger partial charge in [-0.25, -0.2) is 13.1 Å². The zero-order valence-electron chi connectivity index (χ0n) is 13.7. The van der Waals surface area contributed by atoms with Crippen LogP contribution in [0.4, 0.5) is 0 Å². The highest BCUT2D eigenvalue weighted by Gasteiger charge is 2.39. The molecule has 1 saturated heterocycles. The van der Waals surface area contributed by atoms with E-state index in [1.807, 2.05) is 6.92 Å². The predicted molar refractivity (Wildman–Crippen MR) is 88.9 cm³/mol. The fourth-order valence-corrected chi connectivity index (χ4v) is 4.42. The lowest BCUT2D eigenvalue weighted by atomic mass is 10.2. The Balaban J connectivity index is 1.79. The maximum atomic E-state index is 12.9. The average Bonchev–Trinajstić information content (AvgIpc) is 3.27. The van der Waals surface area contributed by atoms with Crippen molar-refractivity contribution in [3.8, 4) is 5.75 Å².